The molecular weight excluding hydrogens is 212 g/mol. The molecule has 1 aromatic rings. The number of carbonyl (C=O) groups excluding carboxylic acids is 2. The smallest absolute Gasteiger partial charge is 0.173 e. The van der Waals surface area contributed by atoms with E-state index in [1.54, 1.807) is 19.1 Å². The van der Waals surface area contributed by atoms with Gasteiger partial charge in [0.05, 0.1) is 5.92 Å². The fourth-order valence-corrected chi connectivity index (χ4v) is 1.34. The summed E-state index contributed by atoms with van der Waals surface area (Å²) in [7, 11) is 0. The lowest BCUT2D eigenvalue weighted by molar-refractivity contribution is -0.118. The van der Waals surface area contributed by atoms with Crippen molar-refractivity contribution in [1.29, 1.82) is 0 Å². The first-order chi connectivity index (χ1) is 8.06. The first-order valence-electron chi connectivity index (χ1n) is 6.19. The van der Waals surface area contributed by atoms with E-state index >= 15 is 0 Å². The van der Waals surface area contributed by atoms with Gasteiger partial charge < -0.3 is 0 Å². The lowest BCUT2D eigenvalue weighted by Crippen LogP contribution is -2.18. The molecule has 94 valence electrons. The normalized spacial score (nSPS) is 11.1. The Morgan fingerprint density at radius 3 is 1.94 bits per heavy atom. The fraction of sp³-hybridized carbons (Fsp3) is 0.467. The van der Waals surface area contributed by atoms with Crippen LogP contribution in [0.25, 0.3) is 0 Å². The van der Waals surface area contributed by atoms with E-state index in [1.165, 1.54) is 12.5 Å². The van der Waals surface area contributed by atoms with Gasteiger partial charge in [-0.3, -0.25) is 9.59 Å². The Morgan fingerprint density at radius 2 is 1.59 bits per heavy atom. The minimum Gasteiger partial charge on any atom is -0.299 e. The van der Waals surface area contributed by atoms with Crippen LogP contribution in [0.1, 0.15) is 50.5 Å². The van der Waals surface area contributed by atoms with Crippen molar-refractivity contribution in [3.05, 3.63) is 35.4 Å². The van der Waals surface area contributed by atoms with E-state index in [-0.39, 0.29) is 11.6 Å². The highest BCUT2D eigenvalue weighted by Gasteiger charge is 2.18. The van der Waals surface area contributed by atoms with Gasteiger partial charge in [-0.2, -0.15) is 0 Å². The second-order valence-corrected chi connectivity index (χ2v) is 3.75. The molecule has 0 saturated carbocycles. The third kappa shape index (κ3) is 4.51. The molecule has 0 bridgehead atoms. The first-order valence-corrected chi connectivity index (χ1v) is 6.19. The lowest BCUT2D eigenvalue weighted by atomic mass is 9.95. The highest BCUT2D eigenvalue weighted by molar-refractivity contribution is 6.09. The summed E-state index contributed by atoms with van der Waals surface area (Å²) < 4.78 is 0. The van der Waals surface area contributed by atoms with Gasteiger partial charge in [0.15, 0.2) is 5.78 Å². The number of benzene rings is 1. The van der Waals surface area contributed by atoms with Gasteiger partial charge in [-0.15, -0.1) is 0 Å². The maximum atomic E-state index is 11.8. The lowest BCUT2D eigenvalue weighted by Gasteiger charge is -2.06. The van der Waals surface area contributed by atoms with Gasteiger partial charge in [0, 0.05) is 5.56 Å². The summed E-state index contributed by atoms with van der Waals surface area (Å²) in [5.41, 5.74) is 1.82. The number of Topliss-reactive ketones (excluding diaryl/α,β-unsaturated/α-hetero) is 2. The maximum absolute atomic E-state index is 11.8. The zero-order chi connectivity index (χ0) is 13.4. The van der Waals surface area contributed by atoms with Crippen LogP contribution in [0.15, 0.2) is 24.3 Å². The van der Waals surface area contributed by atoms with E-state index in [0.29, 0.717) is 5.56 Å². The molecule has 0 aromatic heterocycles. The summed E-state index contributed by atoms with van der Waals surface area (Å²) in [5, 5.41) is 0. The predicted molar refractivity (Wildman–Crippen MR) is 71.3 cm³/mol. The molecule has 0 fully saturated rings. The van der Waals surface area contributed by atoms with Crippen molar-refractivity contribution in [1.82, 2.24) is 0 Å². The van der Waals surface area contributed by atoms with Gasteiger partial charge in [0.2, 0.25) is 0 Å². The van der Waals surface area contributed by atoms with Crippen LogP contribution in [0, 0.1) is 5.92 Å². The van der Waals surface area contributed by atoms with Gasteiger partial charge in [-0.1, -0.05) is 45.0 Å². The van der Waals surface area contributed by atoms with Crippen LogP contribution >= 0.6 is 0 Å². The second-order valence-electron chi connectivity index (χ2n) is 3.75. The van der Waals surface area contributed by atoms with E-state index in [2.05, 4.69) is 6.92 Å². The number of aryl methyl sites for hydroxylation is 1. The molecular formula is C15H22O2. The Kier molecular flexibility index (Phi) is 7.11. The average molecular weight is 234 g/mol. The third-order valence-electron chi connectivity index (χ3n) is 2.65. The van der Waals surface area contributed by atoms with Gasteiger partial charge >= 0.3 is 0 Å². The van der Waals surface area contributed by atoms with Crippen LogP contribution in [0.2, 0.25) is 0 Å². The third-order valence-corrected chi connectivity index (χ3v) is 2.65. The molecule has 2 heteroatoms. The van der Waals surface area contributed by atoms with Crippen LogP contribution in [-0.4, -0.2) is 11.6 Å². The molecule has 1 rings (SSSR count). The molecule has 17 heavy (non-hydrogen) atoms. The molecule has 0 aliphatic heterocycles. The molecule has 0 spiro atoms. The minimum atomic E-state index is -0.530. The molecule has 0 aliphatic carbocycles. The zero-order valence-corrected chi connectivity index (χ0v) is 11.4. The molecule has 2 nitrogen and oxygen atoms in total. The Hall–Kier alpha value is -1.44. The molecule has 1 unspecified atom stereocenters. The van der Waals surface area contributed by atoms with Crippen LogP contribution in [0.4, 0.5) is 0 Å². The first kappa shape index (κ1) is 15.6. The van der Waals surface area contributed by atoms with Gasteiger partial charge in [0.1, 0.15) is 5.78 Å². The Balaban J connectivity index is 0.00000121. The molecule has 0 N–H and O–H groups in total. The second kappa shape index (κ2) is 7.77. The van der Waals surface area contributed by atoms with E-state index in [4.69, 9.17) is 0 Å². The van der Waals surface area contributed by atoms with Crippen molar-refractivity contribution in [2.75, 3.05) is 0 Å². The predicted octanol–water partition coefficient (Wildman–Crippen LogP) is 3.68. The van der Waals surface area contributed by atoms with Gasteiger partial charge in [0.25, 0.3) is 0 Å². The summed E-state index contributed by atoms with van der Waals surface area (Å²) >= 11 is 0. The molecule has 0 aliphatic rings. The standard InChI is InChI=1S/C13H16O2.C2H6/c1-4-11-5-7-12(8-6-11)13(15)9(2)10(3)14;1-2/h5-9H,4H2,1-3H3;1-2H3. The summed E-state index contributed by atoms with van der Waals surface area (Å²) in [6.45, 7) is 9.16. The summed E-state index contributed by atoms with van der Waals surface area (Å²) in [4.78, 5) is 22.8. The van der Waals surface area contributed by atoms with Crippen LogP contribution in [0.3, 0.4) is 0 Å². The molecule has 0 radical (unpaired) electrons. The monoisotopic (exact) mass is 234 g/mol. The zero-order valence-electron chi connectivity index (χ0n) is 11.4. The quantitative estimate of drug-likeness (QED) is 0.588. The summed E-state index contributed by atoms with van der Waals surface area (Å²) in [5.74, 6) is -0.706. The summed E-state index contributed by atoms with van der Waals surface area (Å²) in [6, 6.07) is 7.45. The van der Waals surface area contributed by atoms with E-state index < -0.39 is 5.92 Å². The van der Waals surface area contributed by atoms with Crippen LogP contribution in [0.5, 0.6) is 0 Å². The summed E-state index contributed by atoms with van der Waals surface area (Å²) in [6.07, 6.45) is 0.955. The van der Waals surface area contributed by atoms with Crippen molar-refractivity contribution >= 4 is 11.6 Å². The Morgan fingerprint density at radius 1 is 1.12 bits per heavy atom. The topological polar surface area (TPSA) is 34.1 Å². The number of ketones is 2. The average Bonchev–Trinajstić information content (AvgIpc) is 2.39. The SMILES string of the molecule is CC.CCc1ccc(C(=O)C(C)C(C)=O)cc1. The maximum Gasteiger partial charge on any atom is 0.173 e. The number of rotatable bonds is 4. The highest BCUT2D eigenvalue weighted by Crippen LogP contribution is 2.11. The van der Waals surface area contributed by atoms with Crippen molar-refractivity contribution in [3.63, 3.8) is 0 Å². The molecule has 0 amide bonds. The van der Waals surface area contributed by atoms with Crippen molar-refractivity contribution in [3.8, 4) is 0 Å². The van der Waals surface area contributed by atoms with Crippen LogP contribution in [-0.2, 0) is 11.2 Å². The van der Waals surface area contributed by atoms with Crippen molar-refractivity contribution < 1.29 is 9.59 Å². The molecule has 0 heterocycles. The van der Waals surface area contributed by atoms with E-state index in [0.717, 1.165) is 6.42 Å². The Bertz CT molecular complexity index is 363. The fourth-order valence-electron chi connectivity index (χ4n) is 1.34. The molecule has 1 aromatic carbocycles. The van der Waals surface area contributed by atoms with Gasteiger partial charge in [-0.05, 0) is 25.8 Å². The van der Waals surface area contributed by atoms with Gasteiger partial charge in [-0.25, -0.2) is 0 Å². The van der Waals surface area contributed by atoms with E-state index in [1.807, 2.05) is 26.0 Å². The minimum absolute atomic E-state index is 0.0837. The van der Waals surface area contributed by atoms with Crippen molar-refractivity contribution in [2.24, 2.45) is 5.92 Å². The largest absolute Gasteiger partial charge is 0.299 e. The number of hydrogen-bond donors (Lipinski definition) is 0. The Labute approximate surface area is 104 Å². The number of hydrogen-bond acceptors (Lipinski definition) is 2. The van der Waals surface area contributed by atoms with E-state index in [9.17, 15) is 9.59 Å². The highest BCUT2D eigenvalue weighted by atomic mass is 16.1. The number of carbonyl (C=O) groups is 2. The molecule has 0 saturated heterocycles. The van der Waals surface area contributed by atoms with Crippen LogP contribution < -0.4 is 0 Å². The van der Waals surface area contributed by atoms with Crippen molar-refractivity contribution in [2.45, 2.75) is 41.0 Å². The molecule has 1 atom stereocenters.